The van der Waals surface area contributed by atoms with Gasteiger partial charge in [0.2, 0.25) is 0 Å². The summed E-state index contributed by atoms with van der Waals surface area (Å²) >= 11 is 0. The second-order valence-electron chi connectivity index (χ2n) is 4.03. The van der Waals surface area contributed by atoms with Crippen LogP contribution in [0.3, 0.4) is 0 Å². The second kappa shape index (κ2) is 3.15. The fourth-order valence-electron chi connectivity index (χ4n) is 1.67. The first kappa shape index (κ1) is 9.83. The summed E-state index contributed by atoms with van der Waals surface area (Å²) < 4.78 is 1.90. The van der Waals surface area contributed by atoms with Crippen LogP contribution >= 0.6 is 0 Å². The van der Waals surface area contributed by atoms with Crippen LogP contribution in [0, 0.1) is 13.8 Å². The van der Waals surface area contributed by atoms with Crippen molar-refractivity contribution in [3.63, 3.8) is 0 Å². The predicted molar refractivity (Wildman–Crippen MR) is 63.4 cm³/mol. The Bertz CT molecular complexity index is 511. The molecule has 0 bridgehead atoms. The minimum absolute atomic E-state index is 0.739. The van der Waals surface area contributed by atoms with Crippen LogP contribution < -0.4 is 10.6 Å². The molecule has 0 aromatic carbocycles. The van der Waals surface area contributed by atoms with Crippen molar-refractivity contribution in [1.29, 1.82) is 0 Å². The molecule has 80 valence electrons. The van der Waals surface area contributed by atoms with E-state index in [1.807, 2.05) is 36.5 Å². The molecule has 0 spiro atoms. The lowest BCUT2D eigenvalue weighted by atomic mass is 10.2. The molecule has 2 aromatic rings. The number of pyridine rings is 1. The van der Waals surface area contributed by atoms with E-state index in [4.69, 9.17) is 5.73 Å². The molecule has 2 rings (SSSR count). The monoisotopic (exact) mass is 204 g/mol. The van der Waals surface area contributed by atoms with E-state index in [1.165, 1.54) is 5.56 Å². The number of hydrogen-bond acceptors (Lipinski definition) is 3. The van der Waals surface area contributed by atoms with Crippen molar-refractivity contribution in [2.75, 3.05) is 24.7 Å². The van der Waals surface area contributed by atoms with E-state index < -0.39 is 0 Å². The molecular weight excluding hydrogens is 188 g/mol. The normalized spacial score (nSPS) is 10.9. The van der Waals surface area contributed by atoms with Crippen molar-refractivity contribution < 1.29 is 0 Å². The number of nitrogen functional groups attached to an aromatic ring is 1. The van der Waals surface area contributed by atoms with Crippen molar-refractivity contribution >= 4 is 17.0 Å². The fourth-order valence-corrected chi connectivity index (χ4v) is 1.67. The molecule has 0 aliphatic carbocycles. The van der Waals surface area contributed by atoms with Gasteiger partial charge >= 0.3 is 0 Å². The summed E-state index contributed by atoms with van der Waals surface area (Å²) in [6, 6.07) is 4.08. The number of aryl methyl sites for hydroxylation is 2. The molecule has 0 radical (unpaired) electrons. The van der Waals surface area contributed by atoms with Crippen LogP contribution in [0.4, 0.5) is 11.5 Å². The SMILES string of the molecule is Cc1ccc2c(N)c(N(C)C)nn2c1C. The number of anilines is 2. The molecule has 2 N–H and O–H groups in total. The quantitative estimate of drug-likeness (QED) is 0.767. The smallest absolute Gasteiger partial charge is 0.174 e. The highest BCUT2D eigenvalue weighted by Gasteiger charge is 2.12. The van der Waals surface area contributed by atoms with Crippen LogP contribution in [-0.2, 0) is 0 Å². The molecule has 2 aromatic heterocycles. The van der Waals surface area contributed by atoms with Gasteiger partial charge < -0.3 is 10.6 Å². The second-order valence-corrected chi connectivity index (χ2v) is 4.03. The first-order chi connectivity index (χ1) is 7.02. The highest BCUT2D eigenvalue weighted by molar-refractivity contribution is 5.81. The van der Waals surface area contributed by atoms with Gasteiger partial charge in [0, 0.05) is 19.8 Å². The van der Waals surface area contributed by atoms with Gasteiger partial charge in [0.15, 0.2) is 5.82 Å². The molecule has 4 heteroatoms. The van der Waals surface area contributed by atoms with Crippen molar-refractivity contribution in [3.05, 3.63) is 23.4 Å². The molecule has 0 saturated carbocycles. The lowest BCUT2D eigenvalue weighted by molar-refractivity contribution is 0.885. The molecule has 0 atom stereocenters. The summed E-state index contributed by atoms with van der Waals surface area (Å²) in [7, 11) is 3.89. The molecule has 0 aliphatic heterocycles. The van der Waals surface area contributed by atoms with Crippen molar-refractivity contribution in [3.8, 4) is 0 Å². The lowest BCUT2D eigenvalue weighted by Crippen LogP contribution is -2.11. The molecule has 0 unspecified atom stereocenters. The molecule has 0 fully saturated rings. The van der Waals surface area contributed by atoms with Crippen molar-refractivity contribution in [1.82, 2.24) is 9.61 Å². The van der Waals surface area contributed by atoms with Crippen LogP contribution in [0.25, 0.3) is 5.52 Å². The molecule has 0 saturated heterocycles. The zero-order valence-electron chi connectivity index (χ0n) is 9.57. The largest absolute Gasteiger partial charge is 0.394 e. The Morgan fingerprint density at radius 2 is 1.93 bits per heavy atom. The zero-order chi connectivity index (χ0) is 11.2. The van der Waals surface area contributed by atoms with Gasteiger partial charge in [-0.3, -0.25) is 0 Å². The summed E-state index contributed by atoms with van der Waals surface area (Å²) in [4.78, 5) is 1.93. The predicted octanol–water partition coefficient (Wildman–Crippen LogP) is 1.60. The number of hydrogen-bond donors (Lipinski definition) is 1. The highest BCUT2D eigenvalue weighted by Crippen LogP contribution is 2.26. The third-order valence-corrected chi connectivity index (χ3v) is 2.74. The van der Waals surface area contributed by atoms with Crippen LogP contribution in [0.5, 0.6) is 0 Å². The zero-order valence-corrected chi connectivity index (χ0v) is 9.57. The van der Waals surface area contributed by atoms with Gasteiger partial charge in [-0.2, -0.15) is 0 Å². The molecule has 0 aliphatic rings. The summed E-state index contributed by atoms with van der Waals surface area (Å²) in [6.07, 6.45) is 0. The minimum Gasteiger partial charge on any atom is -0.394 e. The first-order valence-electron chi connectivity index (χ1n) is 4.94. The summed E-state index contributed by atoms with van der Waals surface area (Å²) in [5, 5.41) is 4.49. The number of nitrogens with two attached hydrogens (primary N) is 1. The van der Waals surface area contributed by atoms with Crippen LogP contribution in [0.1, 0.15) is 11.3 Å². The van der Waals surface area contributed by atoms with Crippen LogP contribution in [-0.4, -0.2) is 23.7 Å². The lowest BCUT2D eigenvalue weighted by Gasteiger charge is -2.07. The molecule has 0 amide bonds. The van der Waals surface area contributed by atoms with Gasteiger partial charge in [-0.1, -0.05) is 6.07 Å². The van der Waals surface area contributed by atoms with Gasteiger partial charge in [0.25, 0.3) is 0 Å². The van der Waals surface area contributed by atoms with E-state index in [1.54, 1.807) is 0 Å². The van der Waals surface area contributed by atoms with E-state index in [-0.39, 0.29) is 0 Å². The van der Waals surface area contributed by atoms with Crippen molar-refractivity contribution in [2.24, 2.45) is 0 Å². The van der Waals surface area contributed by atoms with E-state index in [9.17, 15) is 0 Å². The number of rotatable bonds is 1. The molecule has 2 heterocycles. The van der Waals surface area contributed by atoms with E-state index >= 15 is 0 Å². The first-order valence-corrected chi connectivity index (χ1v) is 4.94. The third kappa shape index (κ3) is 1.33. The maximum absolute atomic E-state index is 6.03. The van der Waals surface area contributed by atoms with Crippen LogP contribution in [0.15, 0.2) is 12.1 Å². The Balaban J connectivity index is 2.82. The Hall–Kier alpha value is -1.71. The van der Waals surface area contributed by atoms with Gasteiger partial charge in [0.05, 0.1) is 5.52 Å². The van der Waals surface area contributed by atoms with E-state index in [2.05, 4.69) is 18.1 Å². The Kier molecular flexibility index (Phi) is 2.07. The third-order valence-electron chi connectivity index (χ3n) is 2.74. The maximum Gasteiger partial charge on any atom is 0.174 e. The number of fused-ring (bicyclic) bond motifs is 1. The minimum atomic E-state index is 0.739. The average Bonchev–Trinajstić information content (AvgIpc) is 2.51. The molecule has 15 heavy (non-hydrogen) atoms. The number of nitrogens with zero attached hydrogens (tertiary/aromatic N) is 3. The number of aromatic nitrogens is 2. The maximum atomic E-state index is 6.03. The highest BCUT2D eigenvalue weighted by atomic mass is 15.3. The van der Waals surface area contributed by atoms with Gasteiger partial charge in [-0.15, -0.1) is 5.10 Å². The Labute approximate surface area is 89.3 Å². The molecule has 4 nitrogen and oxygen atoms in total. The molecular formula is C11H16N4. The fraction of sp³-hybridized carbons (Fsp3) is 0.364. The van der Waals surface area contributed by atoms with Crippen LogP contribution in [0.2, 0.25) is 0 Å². The van der Waals surface area contributed by atoms with Gasteiger partial charge in [0.1, 0.15) is 5.69 Å². The van der Waals surface area contributed by atoms with E-state index in [0.29, 0.717) is 0 Å². The topological polar surface area (TPSA) is 46.6 Å². The van der Waals surface area contributed by atoms with E-state index in [0.717, 1.165) is 22.7 Å². The summed E-state index contributed by atoms with van der Waals surface area (Å²) in [5.74, 6) is 0.823. The van der Waals surface area contributed by atoms with Gasteiger partial charge in [-0.25, -0.2) is 4.52 Å². The summed E-state index contributed by atoms with van der Waals surface area (Å²) in [5.41, 5.74) is 10.1. The standard InChI is InChI=1S/C11H16N4/c1-7-5-6-9-10(12)11(14(3)4)13-15(9)8(7)2/h5-6H,12H2,1-4H3. The van der Waals surface area contributed by atoms with Crippen molar-refractivity contribution in [2.45, 2.75) is 13.8 Å². The average molecular weight is 204 g/mol. The Morgan fingerprint density at radius 3 is 2.53 bits per heavy atom. The van der Waals surface area contributed by atoms with Gasteiger partial charge in [-0.05, 0) is 25.5 Å². The Morgan fingerprint density at radius 1 is 1.27 bits per heavy atom. The summed E-state index contributed by atoms with van der Waals surface area (Å²) in [6.45, 7) is 4.12.